The summed E-state index contributed by atoms with van der Waals surface area (Å²) in [6, 6.07) is 11.0. The lowest BCUT2D eigenvalue weighted by Crippen LogP contribution is -2.44. The molecule has 1 fully saturated rings. The number of hydrogen-bond acceptors (Lipinski definition) is 2. The van der Waals surface area contributed by atoms with Crippen LogP contribution in [0.25, 0.3) is 0 Å². The number of benzene rings is 1. The molecule has 1 aromatic rings. The molecule has 1 saturated carbocycles. The van der Waals surface area contributed by atoms with Gasteiger partial charge in [0, 0.05) is 12.6 Å². The molecule has 0 aliphatic heterocycles. The molecule has 1 aliphatic rings. The lowest BCUT2D eigenvalue weighted by atomic mass is 9.93. The molecule has 2 rings (SSSR count). The third-order valence-corrected chi connectivity index (χ3v) is 3.27. The zero-order chi connectivity index (χ0) is 10.9. The smallest absolute Gasteiger partial charge is 0.0507 e. The number of rotatable bonds is 4. The van der Waals surface area contributed by atoms with Crippen molar-refractivity contribution in [3.63, 3.8) is 0 Å². The molecular weight excluding hydrogens is 184 g/mol. The van der Waals surface area contributed by atoms with Crippen molar-refractivity contribution in [2.75, 3.05) is 6.54 Å². The topological polar surface area (TPSA) is 38.0 Å². The van der Waals surface area contributed by atoms with E-state index in [0.717, 1.165) is 12.5 Å². The van der Waals surface area contributed by atoms with E-state index < -0.39 is 0 Å². The average molecular weight is 204 g/mol. The minimum absolute atomic E-state index is 0.260. The first-order chi connectivity index (χ1) is 7.09. The fourth-order valence-electron chi connectivity index (χ4n) is 1.87. The van der Waals surface area contributed by atoms with Gasteiger partial charge in [-0.25, -0.2) is 0 Å². The highest BCUT2D eigenvalue weighted by atomic mass is 15.0. The standard InChI is InChI=1S/C13H20N2/c1-10-8-12(10)15-9-13(2,14)11-6-4-3-5-7-11/h3-7,10,12,15H,8-9,14H2,1-2H3. The van der Waals surface area contributed by atoms with Crippen LogP contribution in [0.1, 0.15) is 25.8 Å². The Balaban J connectivity index is 1.94. The van der Waals surface area contributed by atoms with Crippen LogP contribution >= 0.6 is 0 Å². The second kappa shape index (κ2) is 3.95. The maximum Gasteiger partial charge on any atom is 0.0507 e. The molecule has 0 heterocycles. The zero-order valence-corrected chi connectivity index (χ0v) is 9.53. The summed E-state index contributed by atoms with van der Waals surface area (Å²) in [5.74, 6) is 0.830. The van der Waals surface area contributed by atoms with Crippen molar-refractivity contribution in [3.05, 3.63) is 35.9 Å². The monoisotopic (exact) mass is 204 g/mol. The molecule has 0 amide bonds. The molecule has 0 radical (unpaired) electrons. The van der Waals surface area contributed by atoms with Gasteiger partial charge in [-0.15, -0.1) is 0 Å². The van der Waals surface area contributed by atoms with E-state index in [2.05, 4.69) is 31.3 Å². The van der Waals surface area contributed by atoms with Crippen molar-refractivity contribution in [1.82, 2.24) is 5.32 Å². The predicted octanol–water partition coefficient (Wildman–Crippen LogP) is 1.86. The normalized spacial score (nSPS) is 28.5. The zero-order valence-electron chi connectivity index (χ0n) is 9.53. The Bertz CT molecular complexity index is 319. The first-order valence-corrected chi connectivity index (χ1v) is 5.67. The van der Waals surface area contributed by atoms with Gasteiger partial charge in [-0.1, -0.05) is 37.3 Å². The summed E-state index contributed by atoms with van der Waals surface area (Å²) in [5, 5.41) is 3.52. The fraction of sp³-hybridized carbons (Fsp3) is 0.538. The molecule has 3 unspecified atom stereocenters. The molecule has 3 N–H and O–H groups in total. The van der Waals surface area contributed by atoms with E-state index in [1.54, 1.807) is 0 Å². The molecule has 0 saturated heterocycles. The highest BCUT2D eigenvalue weighted by Crippen LogP contribution is 2.29. The van der Waals surface area contributed by atoms with Gasteiger partial charge in [-0.2, -0.15) is 0 Å². The number of nitrogens with one attached hydrogen (secondary N) is 1. The van der Waals surface area contributed by atoms with Gasteiger partial charge in [0.1, 0.15) is 0 Å². The van der Waals surface area contributed by atoms with Gasteiger partial charge in [0.15, 0.2) is 0 Å². The highest BCUT2D eigenvalue weighted by Gasteiger charge is 2.33. The van der Waals surface area contributed by atoms with E-state index in [-0.39, 0.29) is 5.54 Å². The second-order valence-electron chi connectivity index (χ2n) is 4.98. The third-order valence-electron chi connectivity index (χ3n) is 3.27. The first-order valence-electron chi connectivity index (χ1n) is 5.67. The van der Waals surface area contributed by atoms with Crippen molar-refractivity contribution in [3.8, 4) is 0 Å². The molecule has 82 valence electrons. The summed E-state index contributed by atoms with van der Waals surface area (Å²) in [7, 11) is 0. The third kappa shape index (κ3) is 2.58. The van der Waals surface area contributed by atoms with Crippen LogP contribution in [0.2, 0.25) is 0 Å². The maximum atomic E-state index is 6.30. The number of nitrogens with two attached hydrogens (primary N) is 1. The van der Waals surface area contributed by atoms with Crippen LogP contribution in [-0.4, -0.2) is 12.6 Å². The summed E-state index contributed by atoms with van der Waals surface area (Å²) < 4.78 is 0. The Morgan fingerprint density at radius 2 is 2.00 bits per heavy atom. The SMILES string of the molecule is CC1CC1NCC(C)(N)c1ccccc1. The Morgan fingerprint density at radius 3 is 2.53 bits per heavy atom. The Morgan fingerprint density at radius 1 is 1.40 bits per heavy atom. The van der Waals surface area contributed by atoms with Crippen LogP contribution < -0.4 is 11.1 Å². The van der Waals surface area contributed by atoms with Crippen molar-refractivity contribution in [2.24, 2.45) is 11.7 Å². The van der Waals surface area contributed by atoms with Crippen LogP contribution in [-0.2, 0) is 5.54 Å². The van der Waals surface area contributed by atoms with Crippen molar-refractivity contribution < 1.29 is 0 Å². The maximum absolute atomic E-state index is 6.30. The summed E-state index contributed by atoms with van der Waals surface area (Å²) in [5.41, 5.74) is 7.24. The lowest BCUT2D eigenvalue weighted by Gasteiger charge is -2.25. The Labute approximate surface area is 91.9 Å². The molecule has 2 nitrogen and oxygen atoms in total. The molecule has 3 atom stereocenters. The summed E-state index contributed by atoms with van der Waals surface area (Å²) in [6.45, 7) is 5.21. The summed E-state index contributed by atoms with van der Waals surface area (Å²) >= 11 is 0. The van der Waals surface area contributed by atoms with Crippen LogP contribution in [0.4, 0.5) is 0 Å². The van der Waals surface area contributed by atoms with E-state index in [0.29, 0.717) is 6.04 Å². The van der Waals surface area contributed by atoms with Gasteiger partial charge in [0.2, 0.25) is 0 Å². The average Bonchev–Trinajstić information content (AvgIpc) is 2.93. The van der Waals surface area contributed by atoms with Gasteiger partial charge in [-0.05, 0) is 24.8 Å². The van der Waals surface area contributed by atoms with Crippen LogP contribution in [0.5, 0.6) is 0 Å². The van der Waals surface area contributed by atoms with E-state index in [1.807, 2.05) is 18.2 Å². The molecule has 1 aliphatic carbocycles. The lowest BCUT2D eigenvalue weighted by molar-refractivity contribution is 0.439. The van der Waals surface area contributed by atoms with Crippen molar-refractivity contribution >= 4 is 0 Å². The molecule has 0 spiro atoms. The minimum Gasteiger partial charge on any atom is -0.321 e. The molecule has 0 aromatic heterocycles. The van der Waals surface area contributed by atoms with E-state index in [4.69, 9.17) is 5.73 Å². The minimum atomic E-state index is -0.260. The quantitative estimate of drug-likeness (QED) is 0.785. The van der Waals surface area contributed by atoms with Crippen LogP contribution in [0.15, 0.2) is 30.3 Å². The van der Waals surface area contributed by atoms with E-state index in [1.165, 1.54) is 12.0 Å². The van der Waals surface area contributed by atoms with Crippen LogP contribution in [0.3, 0.4) is 0 Å². The second-order valence-corrected chi connectivity index (χ2v) is 4.98. The summed E-state index contributed by atoms with van der Waals surface area (Å²) in [6.07, 6.45) is 1.30. The number of hydrogen-bond donors (Lipinski definition) is 2. The molecule has 1 aromatic carbocycles. The predicted molar refractivity (Wildman–Crippen MR) is 63.6 cm³/mol. The van der Waals surface area contributed by atoms with Gasteiger partial charge < -0.3 is 11.1 Å². The Hall–Kier alpha value is -0.860. The van der Waals surface area contributed by atoms with Gasteiger partial charge in [0.05, 0.1) is 5.54 Å². The molecule has 15 heavy (non-hydrogen) atoms. The van der Waals surface area contributed by atoms with Gasteiger partial charge in [-0.3, -0.25) is 0 Å². The molecule has 0 bridgehead atoms. The molecular formula is C13H20N2. The largest absolute Gasteiger partial charge is 0.321 e. The van der Waals surface area contributed by atoms with Crippen molar-refractivity contribution in [2.45, 2.75) is 31.8 Å². The Kier molecular flexibility index (Phi) is 2.81. The van der Waals surface area contributed by atoms with E-state index in [9.17, 15) is 0 Å². The van der Waals surface area contributed by atoms with Gasteiger partial charge >= 0.3 is 0 Å². The van der Waals surface area contributed by atoms with E-state index >= 15 is 0 Å². The fourth-order valence-corrected chi connectivity index (χ4v) is 1.87. The molecule has 2 heteroatoms. The first kappa shape index (κ1) is 10.7. The highest BCUT2D eigenvalue weighted by molar-refractivity contribution is 5.23. The van der Waals surface area contributed by atoms with Crippen LogP contribution in [0, 0.1) is 5.92 Å². The van der Waals surface area contributed by atoms with Crippen molar-refractivity contribution in [1.29, 1.82) is 0 Å². The summed E-state index contributed by atoms with van der Waals surface area (Å²) in [4.78, 5) is 0. The van der Waals surface area contributed by atoms with Gasteiger partial charge in [0.25, 0.3) is 0 Å².